The number of aromatic amines is 1. The van der Waals surface area contributed by atoms with Crippen molar-refractivity contribution in [2.45, 2.75) is 65.2 Å². The van der Waals surface area contributed by atoms with Crippen molar-refractivity contribution in [2.24, 2.45) is 0 Å². The lowest BCUT2D eigenvalue weighted by atomic mass is 9.57. The monoisotopic (exact) mass is 720 g/mol. The fourth-order valence-electron chi connectivity index (χ4n) is 9.69. The van der Waals surface area contributed by atoms with Crippen LogP contribution < -0.4 is 15.8 Å². The molecule has 6 aromatic carbocycles. The van der Waals surface area contributed by atoms with Gasteiger partial charge in [-0.25, -0.2) is 0 Å². The van der Waals surface area contributed by atoms with E-state index in [-0.39, 0.29) is 10.8 Å². The second-order valence-electron chi connectivity index (χ2n) is 17.0. The quantitative estimate of drug-likeness (QED) is 0.176. The highest BCUT2D eigenvalue weighted by Crippen LogP contribution is 2.50. The van der Waals surface area contributed by atoms with Crippen LogP contribution in [0.25, 0.3) is 62.5 Å². The van der Waals surface area contributed by atoms with E-state index in [1.807, 2.05) is 22.7 Å². The van der Waals surface area contributed by atoms with E-state index in [0.717, 1.165) is 7.28 Å². The Bertz CT molecular complexity index is 3030. The Morgan fingerprint density at radius 1 is 0.585 bits per heavy atom. The molecule has 0 fully saturated rings. The Kier molecular flexibility index (Phi) is 6.50. The van der Waals surface area contributed by atoms with Crippen molar-refractivity contribution >= 4 is 109 Å². The summed E-state index contributed by atoms with van der Waals surface area (Å²) < 4.78 is 5.40. The molecule has 0 bridgehead atoms. The Labute approximate surface area is 319 Å². The summed E-state index contributed by atoms with van der Waals surface area (Å²) in [5.41, 5.74) is 17.7. The summed E-state index contributed by atoms with van der Waals surface area (Å²) in [6, 6.07) is 39.6. The van der Waals surface area contributed by atoms with Gasteiger partial charge in [-0.1, -0.05) is 99.9 Å². The third-order valence-corrected chi connectivity index (χ3v) is 15.0. The summed E-state index contributed by atoms with van der Waals surface area (Å²) in [5.74, 6) is 0. The number of hydrogen-bond acceptors (Lipinski definition) is 3. The lowest BCUT2D eigenvalue weighted by molar-refractivity contribution is 0.332. The van der Waals surface area contributed by atoms with Crippen LogP contribution in [0.3, 0.4) is 0 Å². The van der Waals surface area contributed by atoms with Gasteiger partial charge in [-0.05, 0) is 107 Å². The number of H-pyrrole nitrogens is 1. The first kappa shape index (κ1) is 31.7. The van der Waals surface area contributed by atoms with E-state index in [0.29, 0.717) is 0 Å². The number of thiophene rings is 2. The molecule has 0 spiro atoms. The van der Waals surface area contributed by atoms with Gasteiger partial charge in [0.25, 0.3) is 0 Å². The molecular weight excluding hydrogens is 679 g/mol. The van der Waals surface area contributed by atoms with Crippen molar-refractivity contribution in [1.82, 2.24) is 4.98 Å². The average molecular weight is 721 g/mol. The van der Waals surface area contributed by atoms with Gasteiger partial charge in [-0.3, -0.25) is 0 Å². The molecule has 0 radical (unpaired) electrons. The summed E-state index contributed by atoms with van der Waals surface area (Å²) in [4.78, 5) is 6.60. The number of aromatic nitrogens is 1. The molecule has 1 aliphatic heterocycles. The van der Waals surface area contributed by atoms with Crippen LogP contribution >= 0.6 is 22.7 Å². The minimum Gasteiger partial charge on any atom is -0.353 e. The minimum absolute atomic E-state index is 0.111. The van der Waals surface area contributed by atoms with Gasteiger partial charge in [0.1, 0.15) is 0 Å². The van der Waals surface area contributed by atoms with Gasteiger partial charge >= 0.3 is 0 Å². The summed E-state index contributed by atoms with van der Waals surface area (Å²) >= 11 is 3.82. The normalized spacial score (nSPS) is 16.0. The van der Waals surface area contributed by atoms with Gasteiger partial charge in [0, 0.05) is 58.3 Å². The Hall–Kier alpha value is -4.84. The third kappa shape index (κ3) is 4.50. The van der Waals surface area contributed by atoms with Crippen LogP contribution in [0.2, 0.25) is 0 Å². The van der Waals surface area contributed by atoms with Gasteiger partial charge in [-0.15, -0.1) is 22.7 Å². The van der Waals surface area contributed by atoms with Crippen molar-refractivity contribution < 1.29 is 0 Å². The van der Waals surface area contributed by atoms with Crippen LogP contribution in [0, 0.1) is 13.8 Å². The first-order valence-electron chi connectivity index (χ1n) is 19.0. The largest absolute Gasteiger partial charge is 0.353 e. The molecular formula is C48H41BN2S2. The third-order valence-electron chi connectivity index (χ3n) is 12.7. The second-order valence-corrected chi connectivity index (χ2v) is 19.1. The highest BCUT2D eigenvalue weighted by molar-refractivity contribution is 7.27. The van der Waals surface area contributed by atoms with Crippen LogP contribution in [0.15, 0.2) is 103 Å². The van der Waals surface area contributed by atoms with E-state index in [2.05, 4.69) is 155 Å². The molecule has 3 aromatic heterocycles. The number of aryl methyl sites for hydroxylation is 2. The van der Waals surface area contributed by atoms with Crippen molar-refractivity contribution in [3.8, 4) is 11.1 Å². The standard InChI is InChI=1S/C48H41BN2S2/c1-26-20-33(29-14-11-15-31-44(29)50-45-30-13-8-10-17-41(30)53-46(31)45)43-39(21-26)51(37-24-35-34(22-27(37)2)47(3,4)18-19-48(35,5)6)38-23-32-28-12-7-9-16-40(28)52-42(32)25-36(38)49-43/h7-17,20-25,49-50H,18-19H2,1-6H3. The number of para-hydroxylation sites is 1. The molecule has 258 valence electrons. The summed E-state index contributed by atoms with van der Waals surface area (Å²) in [6.45, 7) is 14.4. The molecule has 0 saturated carbocycles. The summed E-state index contributed by atoms with van der Waals surface area (Å²) in [6.07, 6.45) is 2.41. The van der Waals surface area contributed by atoms with Gasteiger partial charge < -0.3 is 9.88 Å². The van der Waals surface area contributed by atoms with Crippen LogP contribution in [-0.4, -0.2) is 12.3 Å². The lowest BCUT2D eigenvalue weighted by Gasteiger charge is -2.44. The summed E-state index contributed by atoms with van der Waals surface area (Å²) in [7, 11) is 0.887. The highest BCUT2D eigenvalue weighted by atomic mass is 32.1. The molecule has 1 N–H and O–H groups in total. The average Bonchev–Trinajstić information content (AvgIpc) is 3.81. The van der Waals surface area contributed by atoms with Crippen molar-refractivity contribution in [2.75, 3.05) is 4.90 Å². The first-order chi connectivity index (χ1) is 25.6. The number of benzene rings is 6. The number of fused-ring (bicyclic) bond motifs is 11. The molecule has 1 aliphatic carbocycles. The maximum atomic E-state index is 3.95. The Balaban J connectivity index is 1.21. The molecule has 5 heteroatoms. The van der Waals surface area contributed by atoms with E-state index < -0.39 is 0 Å². The van der Waals surface area contributed by atoms with E-state index in [1.165, 1.54) is 126 Å². The fraction of sp³-hybridized carbons (Fsp3) is 0.208. The van der Waals surface area contributed by atoms with Crippen LogP contribution in [-0.2, 0) is 10.8 Å². The zero-order chi connectivity index (χ0) is 36.0. The van der Waals surface area contributed by atoms with E-state index in [1.54, 1.807) is 0 Å². The van der Waals surface area contributed by atoms with Gasteiger partial charge in [0.2, 0.25) is 0 Å². The highest BCUT2D eigenvalue weighted by Gasteiger charge is 2.39. The van der Waals surface area contributed by atoms with Crippen LogP contribution in [0.4, 0.5) is 17.1 Å². The van der Waals surface area contributed by atoms with E-state index in [4.69, 9.17) is 0 Å². The second kappa shape index (κ2) is 10.9. The predicted molar refractivity (Wildman–Crippen MR) is 235 cm³/mol. The molecule has 0 saturated heterocycles. The van der Waals surface area contributed by atoms with Crippen LogP contribution in [0.1, 0.15) is 62.8 Å². The maximum absolute atomic E-state index is 3.95. The molecule has 4 heterocycles. The number of anilines is 3. The molecule has 2 aliphatic rings. The van der Waals surface area contributed by atoms with Crippen molar-refractivity contribution in [3.05, 3.63) is 125 Å². The van der Waals surface area contributed by atoms with E-state index in [9.17, 15) is 0 Å². The lowest BCUT2D eigenvalue weighted by Crippen LogP contribution is -2.41. The topological polar surface area (TPSA) is 19.0 Å². The maximum Gasteiger partial charge on any atom is 0.198 e. The molecule has 0 unspecified atom stereocenters. The Morgan fingerprint density at radius 2 is 1.28 bits per heavy atom. The number of nitrogens with zero attached hydrogens (tertiary/aromatic N) is 1. The van der Waals surface area contributed by atoms with Gasteiger partial charge in [0.15, 0.2) is 7.28 Å². The van der Waals surface area contributed by atoms with Gasteiger partial charge in [0.05, 0.1) is 15.7 Å². The summed E-state index contributed by atoms with van der Waals surface area (Å²) in [5, 5.41) is 5.32. The first-order valence-corrected chi connectivity index (χ1v) is 20.6. The number of hydrogen-bond donors (Lipinski definition) is 1. The van der Waals surface area contributed by atoms with Crippen molar-refractivity contribution in [3.63, 3.8) is 0 Å². The SMILES string of the molecule is Cc1cc(-c2cccc3c2[nH]c2c4ccccc4sc32)c2c(c1)N(c1cc3c(cc1C)C(C)(C)CCC3(C)C)c1cc3c(cc1B2)sc1ccccc13. The molecule has 2 nitrogen and oxygen atoms in total. The van der Waals surface area contributed by atoms with Crippen LogP contribution in [0.5, 0.6) is 0 Å². The smallest absolute Gasteiger partial charge is 0.198 e. The minimum atomic E-state index is 0.111. The molecule has 11 rings (SSSR count). The predicted octanol–water partition coefficient (Wildman–Crippen LogP) is 12.7. The Morgan fingerprint density at radius 3 is 2.08 bits per heavy atom. The fourth-order valence-corrected chi connectivity index (χ4v) is 12.0. The zero-order valence-corrected chi connectivity index (χ0v) is 32.8. The molecule has 53 heavy (non-hydrogen) atoms. The molecule has 9 aromatic rings. The number of nitrogens with one attached hydrogen (secondary N) is 1. The molecule has 0 amide bonds. The van der Waals surface area contributed by atoms with Crippen molar-refractivity contribution in [1.29, 1.82) is 0 Å². The van der Waals surface area contributed by atoms with E-state index >= 15 is 0 Å². The zero-order valence-electron chi connectivity index (χ0n) is 31.2. The number of rotatable bonds is 2. The molecule has 0 atom stereocenters. The van der Waals surface area contributed by atoms with Gasteiger partial charge in [-0.2, -0.15) is 0 Å².